The number of rotatable bonds is 4. The third-order valence-corrected chi connectivity index (χ3v) is 5.98. The fraction of sp³-hybridized carbons (Fsp3) is 0.765. The molecule has 21 heavy (non-hydrogen) atoms. The van der Waals surface area contributed by atoms with E-state index in [9.17, 15) is 4.79 Å². The summed E-state index contributed by atoms with van der Waals surface area (Å²) in [4.78, 5) is 18.6. The zero-order chi connectivity index (χ0) is 14.4. The van der Waals surface area contributed by atoms with Gasteiger partial charge in [0.25, 0.3) is 5.56 Å². The second kappa shape index (κ2) is 4.85. The van der Waals surface area contributed by atoms with Crippen molar-refractivity contribution in [2.75, 3.05) is 11.9 Å². The lowest BCUT2D eigenvalue weighted by molar-refractivity contribution is -0.0552. The Balaban J connectivity index is 1.39. The van der Waals surface area contributed by atoms with Crippen molar-refractivity contribution in [3.8, 4) is 0 Å². The van der Waals surface area contributed by atoms with E-state index in [-0.39, 0.29) is 5.56 Å². The number of hydrogen-bond acceptors (Lipinski definition) is 3. The van der Waals surface area contributed by atoms with E-state index >= 15 is 0 Å². The monoisotopic (exact) mass is 287 g/mol. The number of nitrogens with zero attached hydrogens (tertiary/aromatic N) is 1. The van der Waals surface area contributed by atoms with E-state index in [4.69, 9.17) is 0 Å². The molecule has 0 saturated heterocycles. The average molecular weight is 287 g/mol. The summed E-state index contributed by atoms with van der Waals surface area (Å²) in [5.74, 6) is 3.65. The highest BCUT2D eigenvalue weighted by molar-refractivity contribution is 5.24. The van der Waals surface area contributed by atoms with Crippen LogP contribution in [0.25, 0.3) is 0 Å². The van der Waals surface area contributed by atoms with Crippen LogP contribution in [0, 0.1) is 30.1 Å². The first-order valence-corrected chi connectivity index (χ1v) is 8.42. The number of aromatic amines is 1. The molecule has 4 bridgehead atoms. The molecular formula is C17H25N3O. The fourth-order valence-electron chi connectivity index (χ4n) is 5.71. The first-order valence-electron chi connectivity index (χ1n) is 8.42. The Morgan fingerprint density at radius 2 is 1.86 bits per heavy atom. The smallest absolute Gasteiger partial charge is 0.252 e. The second-order valence-corrected chi connectivity index (χ2v) is 7.83. The second-order valence-electron chi connectivity index (χ2n) is 7.83. The van der Waals surface area contributed by atoms with Crippen LogP contribution in [-0.4, -0.2) is 16.5 Å². The van der Waals surface area contributed by atoms with Gasteiger partial charge in [-0.2, -0.15) is 0 Å². The van der Waals surface area contributed by atoms with Crippen molar-refractivity contribution in [1.82, 2.24) is 9.97 Å². The number of aromatic nitrogens is 2. The van der Waals surface area contributed by atoms with Gasteiger partial charge in [-0.15, -0.1) is 0 Å². The Bertz CT molecular complexity index is 557. The molecule has 1 aromatic heterocycles. The van der Waals surface area contributed by atoms with Crippen molar-refractivity contribution in [1.29, 1.82) is 0 Å². The minimum absolute atomic E-state index is 0.0696. The van der Waals surface area contributed by atoms with Gasteiger partial charge in [0.2, 0.25) is 5.95 Å². The minimum atomic E-state index is -0.0696. The van der Waals surface area contributed by atoms with Gasteiger partial charge in [-0.25, -0.2) is 4.98 Å². The van der Waals surface area contributed by atoms with E-state index in [0.717, 1.165) is 30.0 Å². The van der Waals surface area contributed by atoms with E-state index in [1.54, 1.807) is 0 Å². The van der Waals surface area contributed by atoms with Crippen LogP contribution in [-0.2, 0) is 0 Å². The summed E-state index contributed by atoms with van der Waals surface area (Å²) in [5, 5.41) is 3.33. The first kappa shape index (κ1) is 13.4. The molecule has 0 aliphatic heterocycles. The molecule has 4 saturated carbocycles. The lowest BCUT2D eigenvalue weighted by Gasteiger charge is -2.57. The molecule has 0 amide bonds. The number of nitrogens with one attached hydrogen (secondary N) is 2. The summed E-state index contributed by atoms with van der Waals surface area (Å²) in [6.45, 7) is 2.79. The molecule has 4 aliphatic rings. The largest absolute Gasteiger partial charge is 0.356 e. The maximum absolute atomic E-state index is 11.5. The third-order valence-electron chi connectivity index (χ3n) is 5.98. The van der Waals surface area contributed by atoms with Crippen molar-refractivity contribution < 1.29 is 0 Å². The Hall–Kier alpha value is -1.32. The predicted octanol–water partition coefficient (Wildman–Crippen LogP) is 3.10. The van der Waals surface area contributed by atoms with Crippen LogP contribution in [0.3, 0.4) is 0 Å². The van der Waals surface area contributed by atoms with Gasteiger partial charge in [0.15, 0.2) is 0 Å². The van der Waals surface area contributed by atoms with Crippen molar-refractivity contribution in [3.05, 3.63) is 22.1 Å². The number of anilines is 1. The molecule has 4 nitrogen and oxygen atoms in total. The maximum Gasteiger partial charge on any atom is 0.252 e. The summed E-state index contributed by atoms with van der Waals surface area (Å²) in [6, 6.07) is 1.53. The van der Waals surface area contributed by atoms with Gasteiger partial charge in [-0.1, -0.05) is 0 Å². The summed E-state index contributed by atoms with van der Waals surface area (Å²) < 4.78 is 0. The molecule has 1 heterocycles. The molecule has 114 valence electrons. The van der Waals surface area contributed by atoms with Gasteiger partial charge in [0.1, 0.15) is 0 Å². The van der Waals surface area contributed by atoms with Crippen LogP contribution in [0.1, 0.15) is 50.6 Å². The van der Waals surface area contributed by atoms with Gasteiger partial charge >= 0.3 is 0 Å². The van der Waals surface area contributed by atoms with Gasteiger partial charge in [-0.3, -0.25) is 9.78 Å². The molecule has 0 spiro atoms. The van der Waals surface area contributed by atoms with Crippen LogP contribution in [0.15, 0.2) is 10.9 Å². The highest BCUT2D eigenvalue weighted by Gasteiger charge is 2.50. The number of aryl methyl sites for hydroxylation is 1. The molecule has 0 atom stereocenters. The van der Waals surface area contributed by atoms with Gasteiger partial charge in [0.05, 0.1) is 0 Å². The Morgan fingerprint density at radius 3 is 2.43 bits per heavy atom. The standard InChI is InChI=1S/C17H25N3O/c1-11-4-15(21)20-16(19-11)18-3-2-17-8-12-5-13(9-17)7-14(6-12)10-17/h4,12-14H,2-3,5-10H2,1H3,(H2,18,19,20,21). The van der Waals surface area contributed by atoms with E-state index in [1.807, 2.05) is 6.92 Å². The van der Waals surface area contributed by atoms with Crippen molar-refractivity contribution in [2.24, 2.45) is 23.2 Å². The lowest BCUT2D eigenvalue weighted by Crippen LogP contribution is -2.46. The summed E-state index contributed by atoms with van der Waals surface area (Å²) >= 11 is 0. The van der Waals surface area contributed by atoms with Gasteiger partial charge < -0.3 is 5.32 Å². The van der Waals surface area contributed by atoms with E-state index in [1.165, 1.54) is 51.0 Å². The van der Waals surface area contributed by atoms with Crippen LogP contribution in [0.5, 0.6) is 0 Å². The zero-order valence-corrected chi connectivity index (χ0v) is 12.8. The van der Waals surface area contributed by atoms with E-state index < -0.39 is 0 Å². The normalized spacial score (nSPS) is 36.9. The third kappa shape index (κ3) is 2.60. The fourth-order valence-corrected chi connectivity index (χ4v) is 5.71. The lowest BCUT2D eigenvalue weighted by atomic mass is 9.49. The van der Waals surface area contributed by atoms with Gasteiger partial charge in [-0.05, 0) is 75.0 Å². The Morgan fingerprint density at radius 1 is 1.24 bits per heavy atom. The van der Waals surface area contributed by atoms with Crippen molar-refractivity contribution in [2.45, 2.75) is 51.9 Å². The molecule has 4 fully saturated rings. The summed E-state index contributed by atoms with van der Waals surface area (Å²) in [6.07, 6.45) is 10.1. The van der Waals surface area contributed by atoms with Crippen LogP contribution in [0.2, 0.25) is 0 Å². The molecule has 0 unspecified atom stereocenters. The predicted molar refractivity (Wildman–Crippen MR) is 83.3 cm³/mol. The summed E-state index contributed by atoms with van der Waals surface area (Å²) in [5.41, 5.74) is 1.29. The quantitative estimate of drug-likeness (QED) is 0.894. The molecule has 1 aromatic rings. The van der Waals surface area contributed by atoms with E-state index in [2.05, 4.69) is 15.3 Å². The molecule has 5 rings (SSSR count). The highest BCUT2D eigenvalue weighted by atomic mass is 16.1. The van der Waals surface area contributed by atoms with Crippen LogP contribution < -0.4 is 10.9 Å². The Labute approximate surface area is 125 Å². The average Bonchev–Trinajstić information content (AvgIpc) is 2.35. The molecule has 4 aliphatic carbocycles. The highest BCUT2D eigenvalue weighted by Crippen LogP contribution is 2.61. The Kier molecular flexibility index (Phi) is 3.09. The topological polar surface area (TPSA) is 57.8 Å². The van der Waals surface area contributed by atoms with Crippen LogP contribution >= 0.6 is 0 Å². The van der Waals surface area contributed by atoms with Crippen LogP contribution in [0.4, 0.5) is 5.95 Å². The zero-order valence-electron chi connectivity index (χ0n) is 12.8. The molecular weight excluding hydrogens is 262 g/mol. The van der Waals surface area contributed by atoms with Crippen molar-refractivity contribution >= 4 is 5.95 Å². The van der Waals surface area contributed by atoms with E-state index in [0.29, 0.717) is 11.4 Å². The van der Waals surface area contributed by atoms with Crippen molar-refractivity contribution in [3.63, 3.8) is 0 Å². The molecule has 0 aromatic carbocycles. The SMILES string of the molecule is Cc1cc(=O)[nH]c(NCCC23CC4CC(CC(C4)C2)C3)n1. The minimum Gasteiger partial charge on any atom is -0.356 e. The molecule has 0 radical (unpaired) electrons. The van der Waals surface area contributed by atoms with Gasteiger partial charge in [0, 0.05) is 18.3 Å². The summed E-state index contributed by atoms with van der Waals surface area (Å²) in [7, 11) is 0. The maximum atomic E-state index is 11.5. The molecule has 4 heteroatoms. The number of H-pyrrole nitrogens is 1. The molecule has 2 N–H and O–H groups in total. The first-order chi connectivity index (χ1) is 10.1. The number of hydrogen-bond donors (Lipinski definition) is 2.